The average Bonchev–Trinajstić information content (AvgIpc) is 3.47. The number of rotatable bonds is 5. The van der Waals surface area contributed by atoms with Crippen molar-refractivity contribution in [3.63, 3.8) is 0 Å². The molecule has 4 atom stereocenters. The molecular weight excluding hydrogens is 433 g/mol. The summed E-state index contributed by atoms with van der Waals surface area (Å²) in [6.45, 7) is 2.67. The number of amides is 1. The van der Waals surface area contributed by atoms with Gasteiger partial charge in [0.2, 0.25) is 15.8 Å². The Bertz CT molecular complexity index is 1310. The first-order valence-electron chi connectivity index (χ1n) is 10.1. The first kappa shape index (κ1) is 20.9. The number of nitrogens with one attached hydrogen (secondary N) is 2. The number of carbonyl (C=O) groups excluding carboxylic acids is 1. The molecule has 12 nitrogen and oxygen atoms in total. The lowest BCUT2D eigenvalue weighted by Crippen LogP contribution is -2.36. The Kier molecular flexibility index (Phi) is 4.57. The van der Waals surface area contributed by atoms with Crippen molar-refractivity contribution < 1.29 is 13.2 Å². The van der Waals surface area contributed by atoms with E-state index in [4.69, 9.17) is 13.6 Å². The third-order valence-electron chi connectivity index (χ3n) is 6.93. The number of aromatic amines is 1. The number of fused-ring (bicyclic) bond motifs is 2. The van der Waals surface area contributed by atoms with Crippen molar-refractivity contribution in [2.75, 3.05) is 24.7 Å². The van der Waals surface area contributed by atoms with Crippen molar-refractivity contribution in [3.05, 3.63) is 24.0 Å². The first-order chi connectivity index (χ1) is 15.1. The Morgan fingerprint density at radius 1 is 1.44 bits per heavy atom. The highest BCUT2D eigenvalue weighted by molar-refractivity contribution is 7.88. The van der Waals surface area contributed by atoms with Gasteiger partial charge >= 0.3 is 0 Å². The van der Waals surface area contributed by atoms with E-state index >= 15 is 0 Å². The largest absolute Gasteiger partial charge is 0.380 e. The molecule has 166 valence electrons. The zero-order chi connectivity index (χ0) is 22.8. The van der Waals surface area contributed by atoms with E-state index in [1.165, 1.54) is 16.8 Å². The maximum atomic E-state index is 12.2. The minimum absolute atomic E-state index is 0.00119. The van der Waals surface area contributed by atoms with Crippen molar-refractivity contribution in [3.8, 4) is 11.4 Å². The fourth-order valence-corrected chi connectivity index (χ4v) is 5.94. The van der Waals surface area contributed by atoms with E-state index in [1.807, 2.05) is 6.92 Å². The van der Waals surface area contributed by atoms with Gasteiger partial charge in [0, 0.05) is 30.9 Å². The van der Waals surface area contributed by atoms with E-state index in [0.717, 1.165) is 0 Å². The minimum Gasteiger partial charge on any atom is -0.380 e. The summed E-state index contributed by atoms with van der Waals surface area (Å²) in [5, 5.41) is 21.1. The monoisotopic (exact) mass is 455 g/mol. The summed E-state index contributed by atoms with van der Waals surface area (Å²) in [6.07, 6.45) is 5.02. The van der Waals surface area contributed by atoms with E-state index in [9.17, 15) is 13.2 Å². The maximum Gasteiger partial charge on any atom is 0.252 e. The second-order valence-corrected chi connectivity index (χ2v) is 10.7. The molecule has 14 heteroatoms. The smallest absolute Gasteiger partial charge is 0.252 e. The summed E-state index contributed by atoms with van der Waals surface area (Å²) >= 11 is 0. The van der Waals surface area contributed by atoms with Crippen LogP contribution >= 0.6 is 0 Å². The van der Waals surface area contributed by atoms with Crippen LogP contribution in [-0.4, -0.2) is 82.1 Å². The molecule has 1 saturated heterocycles. The molecular formula is C18H22BN9O3S. The number of carbonyl (C=O) groups is 1. The molecule has 1 aliphatic heterocycles. The van der Waals surface area contributed by atoms with Gasteiger partial charge < -0.3 is 11.1 Å². The summed E-state index contributed by atoms with van der Waals surface area (Å²) in [5.74, 6) is -0.268. The first-order valence-corrected chi connectivity index (χ1v) is 12.0. The second-order valence-electron chi connectivity index (χ2n) is 8.73. The Morgan fingerprint density at radius 2 is 2.22 bits per heavy atom. The van der Waals surface area contributed by atoms with Crippen LogP contribution in [0.15, 0.2) is 18.5 Å². The lowest BCUT2D eigenvalue weighted by Gasteiger charge is -2.32. The average molecular weight is 455 g/mol. The molecule has 5 rings (SSSR count). The molecule has 3 aromatic rings. The van der Waals surface area contributed by atoms with E-state index < -0.39 is 21.2 Å². The van der Waals surface area contributed by atoms with Crippen LogP contribution in [0.1, 0.15) is 23.7 Å². The molecule has 4 heterocycles. The maximum absolute atomic E-state index is 12.2. The summed E-state index contributed by atoms with van der Waals surface area (Å²) in [7, 11) is 3.43. The van der Waals surface area contributed by atoms with E-state index in [2.05, 4.69) is 31.0 Å². The van der Waals surface area contributed by atoms with E-state index in [-0.39, 0.29) is 30.0 Å². The van der Waals surface area contributed by atoms with Crippen LogP contribution in [0.2, 0.25) is 5.31 Å². The number of nitrogens with two attached hydrogens (primary N) is 1. The highest BCUT2D eigenvalue weighted by Gasteiger charge is 2.55. The summed E-state index contributed by atoms with van der Waals surface area (Å²) in [6, 6.07) is 1.72. The van der Waals surface area contributed by atoms with Gasteiger partial charge in [-0.25, -0.2) is 17.2 Å². The quantitative estimate of drug-likeness (QED) is 0.440. The van der Waals surface area contributed by atoms with Gasteiger partial charge in [-0.3, -0.25) is 4.79 Å². The van der Waals surface area contributed by atoms with Crippen LogP contribution in [0.3, 0.4) is 0 Å². The zero-order valence-corrected chi connectivity index (χ0v) is 18.4. The van der Waals surface area contributed by atoms with Crippen LogP contribution in [0.4, 0.5) is 5.69 Å². The predicted octanol–water partition coefficient (Wildman–Crippen LogP) is -0.348. The van der Waals surface area contributed by atoms with Crippen molar-refractivity contribution >= 4 is 35.0 Å². The van der Waals surface area contributed by atoms with Gasteiger partial charge in [0.25, 0.3) is 5.91 Å². The molecule has 2 radical (unpaired) electrons. The topological polar surface area (TPSA) is 164 Å². The number of nitrogens with zero attached hydrogens (tertiary/aromatic N) is 6. The van der Waals surface area contributed by atoms with Crippen LogP contribution in [0.25, 0.3) is 16.9 Å². The molecule has 0 spiro atoms. The summed E-state index contributed by atoms with van der Waals surface area (Å²) < 4.78 is 27.1. The molecule has 2 fully saturated rings. The van der Waals surface area contributed by atoms with Gasteiger partial charge in [0.15, 0.2) is 0 Å². The minimum atomic E-state index is -3.31. The Hall–Kier alpha value is -3.00. The highest BCUT2D eigenvalue weighted by atomic mass is 32.2. The summed E-state index contributed by atoms with van der Waals surface area (Å²) in [5.41, 5.74) is 7.74. The molecule has 3 aromatic heterocycles. The predicted molar refractivity (Wildman–Crippen MR) is 116 cm³/mol. The van der Waals surface area contributed by atoms with Crippen LogP contribution in [-0.2, 0) is 10.0 Å². The molecule has 0 bridgehead atoms. The molecule has 4 unspecified atom stereocenters. The third kappa shape index (κ3) is 3.16. The number of primary amides is 1. The van der Waals surface area contributed by atoms with Gasteiger partial charge in [-0.05, 0) is 34.9 Å². The number of sulfonamides is 1. The van der Waals surface area contributed by atoms with Crippen molar-refractivity contribution in [1.82, 2.24) is 34.5 Å². The van der Waals surface area contributed by atoms with Crippen LogP contribution < -0.4 is 11.1 Å². The van der Waals surface area contributed by atoms with Gasteiger partial charge in [0.05, 0.1) is 37.1 Å². The Balaban J connectivity index is 1.50. The molecule has 1 saturated carbocycles. The number of tetrazole rings is 1. The van der Waals surface area contributed by atoms with Gasteiger partial charge in [-0.1, -0.05) is 6.92 Å². The molecule has 0 aromatic carbocycles. The third-order valence-corrected chi connectivity index (χ3v) is 8.15. The van der Waals surface area contributed by atoms with Crippen molar-refractivity contribution in [2.24, 2.45) is 17.6 Å². The van der Waals surface area contributed by atoms with Crippen molar-refractivity contribution in [2.45, 2.75) is 24.7 Å². The zero-order valence-electron chi connectivity index (χ0n) is 17.6. The number of hydrogen-bond donors (Lipinski definition) is 3. The molecule has 32 heavy (non-hydrogen) atoms. The second kappa shape index (κ2) is 7.00. The standard InChI is InChI=1S/C18H22BN9O3S/c1-9-13(4-11-7-27(32(2,30)31)8-18(9,11)19)22-15-12(16(20)29)5-21-28-6-10(3-14(15)28)17-23-25-26-24-17/h3,5-6,9,11,13,22H,4,7-8H2,1-2H3,(H2,20,29)(H,23,24,25,26). The number of H-pyrrole nitrogens is 1. The van der Waals surface area contributed by atoms with Gasteiger partial charge in [0.1, 0.15) is 0 Å². The van der Waals surface area contributed by atoms with E-state index in [0.29, 0.717) is 35.6 Å². The molecule has 1 amide bonds. The SMILES string of the molecule is [B]C12CN(S(C)(=O)=O)CC1CC(Nc1c(C(N)=O)cnn3cc(-c4nn[nH]n4)cc13)C2C. The lowest BCUT2D eigenvalue weighted by molar-refractivity contribution is 0.100. The van der Waals surface area contributed by atoms with E-state index in [1.54, 1.807) is 16.8 Å². The molecule has 4 N–H and O–H groups in total. The number of anilines is 1. The van der Waals surface area contributed by atoms with Gasteiger partial charge in [-0.2, -0.15) is 10.3 Å². The normalized spacial score (nSPS) is 28.2. The highest BCUT2D eigenvalue weighted by Crippen LogP contribution is 2.57. The number of aromatic nitrogens is 6. The Morgan fingerprint density at radius 3 is 2.84 bits per heavy atom. The number of hydrogen-bond acceptors (Lipinski definition) is 8. The molecule has 1 aliphatic carbocycles. The van der Waals surface area contributed by atoms with Crippen molar-refractivity contribution in [1.29, 1.82) is 0 Å². The Labute approximate surface area is 185 Å². The van der Waals surface area contributed by atoms with Gasteiger partial charge in [-0.15, -0.1) is 10.2 Å². The van der Waals surface area contributed by atoms with Crippen LogP contribution in [0.5, 0.6) is 0 Å². The fourth-order valence-electron chi connectivity index (χ4n) is 5.03. The van der Waals surface area contributed by atoms with Crippen LogP contribution in [0, 0.1) is 11.8 Å². The lowest BCUT2D eigenvalue weighted by atomic mass is 9.59. The molecule has 2 aliphatic rings. The summed E-state index contributed by atoms with van der Waals surface area (Å²) in [4.78, 5) is 12.2. The fraction of sp³-hybridized carbons (Fsp3) is 0.500.